The topological polar surface area (TPSA) is 70.4 Å². The van der Waals surface area contributed by atoms with Crippen molar-refractivity contribution in [2.24, 2.45) is 0 Å². The maximum absolute atomic E-state index is 13.1. The summed E-state index contributed by atoms with van der Waals surface area (Å²) in [6, 6.07) is 11.8. The lowest BCUT2D eigenvalue weighted by Crippen LogP contribution is -2.25. The molecule has 0 aliphatic rings. The van der Waals surface area contributed by atoms with Gasteiger partial charge >= 0.3 is 5.97 Å². The Morgan fingerprint density at radius 1 is 1.04 bits per heavy atom. The van der Waals surface area contributed by atoms with Gasteiger partial charge in [-0.2, -0.15) is 9.78 Å². The normalized spacial score (nSPS) is 10.5. The molecule has 3 rings (SSSR count). The number of hydrogen-bond acceptors (Lipinski definition) is 5. The maximum Gasteiger partial charge on any atom is 0.362 e. The number of benzene rings is 2. The average Bonchev–Trinajstić information content (AvgIpc) is 2.68. The minimum atomic E-state index is -0.771. The fourth-order valence-electron chi connectivity index (χ4n) is 2.40. The second-order valence-electron chi connectivity index (χ2n) is 5.72. The Morgan fingerprint density at radius 3 is 2.25 bits per heavy atom. The molecule has 0 aliphatic carbocycles. The summed E-state index contributed by atoms with van der Waals surface area (Å²) >= 11 is 0. The van der Waals surface area contributed by atoms with Gasteiger partial charge in [0.25, 0.3) is 5.56 Å². The molecule has 8 heteroatoms. The lowest BCUT2D eigenvalue weighted by molar-refractivity contribution is 0.0511. The highest BCUT2D eigenvalue weighted by Crippen LogP contribution is 2.18. The van der Waals surface area contributed by atoms with Crippen molar-refractivity contribution in [1.82, 2.24) is 9.78 Å². The number of hydrogen-bond donors (Lipinski definition) is 0. The Bertz CT molecular complexity index is 1030. The van der Waals surface area contributed by atoms with Crippen molar-refractivity contribution in [1.29, 1.82) is 0 Å². The Morgan fingerprint density at radius 2 is 1.64 bits per heavy atom. The lowest BCUT2D eigenvalue weighted by Gasteiger charge is -2.12. The standard InChI is InChI=1S/C20H16F2N2O4/c1-2-27-20(26)19-17(28-12-13-3-5-14(21)6-4-13)11-18(25)24(23-19)16-9-7-15(22)8-10-16/h3-11H,2,12H2,1H3. The van der Waals surface area contributed by atoms with Crippen LogP contribution in [0.25, 0.3) is 5.69 Å². The molecule has 0 spiro atoms. The molecule has 2 aromatic carbocycles. The van der Waals surface area contributed by atoms with Gasteiger partial charge in [-0.3, -0.25) is 4.79 Å². The van der Waals surface area contributed by atoms with E-state index < -0.39 is 17.3 Å². The predicted octanol–water partition coefficient (Wildman–Crippen LogP) is 3.27. The minimum Gasteiger partial charge on any atom is -0.486 e. The van der Waals surface area contributed by atoms with E-state index in [0.29, 0.717) is 5.56 Å². The Balaban J connectivity index is 1.97. The van der Waals surface area contributed by atoms with Crippen LogP contribution in [0.15, 0.2) is 59.4 Å². The molecule has 0 N–H and O–H groups in total. The fourth-order valence-corrected chi connectivity index (χ4v) is 2.40. The molecular weight excluding hydrogens is 370 g/mol. The van der Waals surface area contributed by atoms with E-state index in [2.05, 4.69) is 5.10 Å². The SMILES string of the molecule is CCOC(=O)c1nn(-c2ccc(F)cc2)c(=O)cc1OCc1ccc(F)cc1. The van der Waals surface area contributed by atoms with Crippen molar-refractivity contribution < 1.29 is 23.0 Å². The average molecular weight is 386 g/mol. The van der Waals surface area contributed by atoms with E-state index in [0.717, 1.165) is 10.7 Å². The van der Waals surface area contributed by atoms with Crippen molar-refractivity contribution in [3.8, 4) is 11.4 Å². The van der Waals surface area contributed by atoms with Crippen LogP contribution >= 0.6 is 0 Å². The number of carbonyl (C=O) groups is 1. The highest BCUT2D eigenvalue weighted by Gasteiger charge is 2.20. The van der Waals surface area contributed by atoms with Crippen molar-refractivity contribution in [3.05, 3.63) is 87.8 Å². The molecule has 0 saturated heterocycles. The van der Waals surface area contributed by atoms with Crippen molar-refractivity contribution in [2.75, 3.05) is 6.61 Å². The third-order valence-electron chi connectivity index (χ3n) is 3.74. The zero-order valence-electron chi connectivity index (χ0n) is 14.9. The zero-order valence-corrected chi connectivity index (χ0v) is 14.9. The molecule has 0 amide bonds. The first-order valence-corrected chi connectivity index (χ1v) is 8.42. The number of ether oxygens (including phenoxy) is 2. The van der Waals surface area contributed by atoms with Crippen LogP contribution < -0.4 is 10.3 Å². The van der Waals surface area contributed by atoms with Gasteiger partial charge < -0.3 is 9.47 Å². The van der Waals surface area contributed by atoms with Crippen LogP contribution in [0.2, 0.25) is 0 Å². The van der Waals surface area contributed by atoms with E-state index >= 15 is 0 Å². The molecule has 0 unspecified atom stereocenters. The van der Waals surface area contributed by atoms with Gasteiger partial charge in [0.05, 0.1) is 18.4 Å². The summed E-state index contributed by atoms with van der Waals surface area (Å²) in [4.78, 5) is 24.7. The van der Waals surface area contributed by atoms with Gasteiger partial charge in [0, 0.05) is 0 Å². The van der Waals surface area contributed by atoms with Crippen LogP contribution in [0.1, 0.15) is 23.0 Å². The quantitative estimate of drug-likeness (QED) is 0.608. The third-order valence-corrected chi connectivity index (χ3v) is 3.74. The van der Waals surface area contributed by atoms with Gasteiger partial charge in [0.2, 0.25) is 5.69 Å². The molecule has 0 radical (unpaired) electrons. The van der Waals surface area contributed by atoms with Crippen molar-refractivity contribution in [3.63, 3.8) is 0 Å². The molecule has 1 heterocycles. The predicted molar refractivity (Wildman–Crippen MR) is 96.5 cm³/mol. The largest absolute Gasteiger partial charge is 0.486 e. The number of carbonyl (C=O) groups excluding carboxylic acids is 1. The first kappa shape index (κ1) is 19.2. The van der Waals surface area contributed by atoms with Crippen LogP contribution in [0.5, 0.6) is 5.75 Å². The Labute approximate surface area is 159 Å². The van der Waals surface area contributed by atoms with E-state index in [-0.39, 0.29) is 36.2 Å². The third kappa shape index (κ3) is 4.40. The van der Waals surface area contributed by atoms with E-state index in [4.69, 9.17) is 9.47 Å². The van der Waals surface area contributed by atoms with Crippen LogP contribution in [0.3, 0.4) is 0 Å². The molecule has 6 nitrogen and oxygen atoms in total. The van der Waals surface area contributed by atoms with E-state index in [1.807, 2.05) is 0 Å². The van der Waals surface area contributed by atoms with E-state index in [1.165, 1.54) is 48.5 Å². The summed E-state index contributed by atoms with van der Waals surface area (Å²) in [5.41, 5.74) is 0.141. The van der Waals surface area contributed by atoms with Gasteiger partial charge in [-0.1, -0.05) is 12.1 Å². The summed E-state index contributed by atoms with van der Waals surface area (Å²) in [6.45, 7) is 1.73. The number of aromatic nitrogens is 2. The maximum atomic E-state index is 13.1. The highest BCUT2D eigenvalue weighted by atomic mass is 19.1. The van der Waals surface area contributed by atoms with Gasteiger partial charge in [-0.15, -0.1) is 0 Å². The number of esters is 1. The Kier molecular flexibility index (Phi) is 5.78. The van der Waals surface area contributed by atoms with Crippen LogP contribution in [-0.2, 0) is 11.3 Å². The summed E-state index contributed by atoms with van der Waals surface area (Å²) in [6.07, 6.45) is 0. The first-order chi connectivity index (χ1) is 13.5. The minimum absolute atomic E-state index is 0.00559. The lowest BCUT2D eigenvalue weighted by atomic mass is 10.2. The molecule has 28 heavy (non-hydrogen) atoms. The molecule has 3 aromatic rings. The molecule has 0 aliphatic heterocycles. The van der Waals surface area contributed by atoms with Crippen LogP contribution in [0, 0.1) is 11.6 Å². The van der Waals surface area contributed by atoms with E-state index in [1.54, 1.807) is 6.92 Å². The van der Waals surface area contributed by atoms with Gasteiger partial charge in [-0.25, -0.2) is 13.6 Å². The zero-order chi connectivity index (χ0) is 20.1. The van der Waals surface area contributed by atoms with Gasteiger partial charge in [-0.05, 0) is 48.9 Å². The van der Waals surface area contributed by atoms with E-state index in [9.17, 15) is 18.4 Å². The molecule has 0 bridgehead atoms. The molecule has 1 aromatic heterocycles. The van der Waals surface area contributed by atoms with Crippen molar-refractivity contribution in [2.45, 2.75) is 13.5 Å². The number of halogens is 2. The second kappa shape index (κ2) is 8.43. The Hall–Kier alpha value is -3.55. The molecular formula is C20H16F2N2O4. The number of rotatable bonds is 6. The molecule has 0 saturated carbocycles. The summed E-state index contributed by atoms with van der Waals surface area (Å²) in [5.74, 6) is -1.69. The molecule has 0 fully saturated rings. The molecule has 0 atom stereocenters. The van der Waals surface area contributed by atoms with Gasteiger partial charge in [0.1, 0.15) is 18.2 Å². The number of nitrogens with zero attached hydrogens (tertiary/aromatic N) is 2. The smallest absolute Gasteiger partial charge is 0.362 e. The highest BCUT2D eigenvalue weighted by molar-refractivity contribution is 5.90. The van der Waals surface area contributed by atoms with Crippen LogP contribution in [0.4, 0.5) is 8.78 Å². The first-order valence-electron chi connectivity index (χ1n) is 8.42. The summed E-state index contributed by atoms with van der Waals surface area (Å²) < 4.78 is 37.6. The van der Waals surface area contributed by atoms with Crippen LogP contribution in [-0.4, -0.2) is 22.4 Å². The summed E-state index contributed by atoms with van der Waals surface area (Å²) in [5, 5.41) is 4.04. The monoisotopic (exact) mass is 386 g/mol. The molecule has 144 valence electrons. The van der Waals surface area contributed by atoms with Gasteiger partial charge in [0.15, 0.2) is 5.75 Å². The fraction of sp³-hybridized carbons (Fsp3) is 0.150. The summed E-state index contributed by atoms with van der Waals surface area (Å²) in [7, 11) is 0. The van der Waals surface area contributed by atoms with Crippen molar-refractivity contribution >= 4 is 5.97 Å². The second-order valence-corrected chi connectivity index (χ2v) is 5.72.